The maximum atomic E-state index is 11.3. The summed E-state index contributed by atoms with van der Waals surface area (Å²) in [5, 5.41) is 3.46. The van der Waals surface area contributed by atoms with E-state index in [9.17, 15) is 4.79 Å². The minimum atomic E-state index is 0.211. The van der Waals surface area contributed by atoms with Crippen molar-refractivity contribution in [3.05, 3.63) is 0 Å². The van der Waals surface area contributed by atoms with E-state index >= 15 is 0 Å². The van der Waals surface area contributed by atoms with E-state index in [1.807, 2.05) is 0 Å². The normalized spacial score (nSPS) is 12.8. The van der Waals surface area contributed by atoms with Crippen LogP contribution in [0.25, 0.3) is 0 Å². The molecule has 0 aliphatic heterocycles. The van der Waals surface area contributed by atoms with Gasteiger partial charge in [0.25, 0.3) is 0 Å². The summed E-state index contributed by atoms with van der Waals surface area (Å²) in [6.07, 6.45) is 1.55. The molecule has 4 nitrogen and oxygen atoms in total. The Kier molecular flexibility index (Phi) is 9.09. The third kappa shape index (κ3) is 8.16. The zero-order valence-electron chi connectivity index (χ0n) is 12.1. The Bertz CT molecular complexity index is 203. The van der Waals surface area contributed by atoms with E-state index in [2.05, 4.69) is 31.0 Å². The van der Waals surface area contributed by atoms with E-state index in [4.69, 9.17) is 0 Å². The molecule has 0 rings (SSSR count). The van der Waals surface area contributed by atoms with E-state index < -0.39 is 0 Å². The van der Waals surface area contributed by atoms with Crippen molar-refractivity contribution < 1.29 is 4.79 Å². The molecule has 0 aromatic rings. The second-order valence-corrected chi connectivity index (χ2v) is 4.73. The lowest BCUT2D eigenvalue weighted by Gasteiger charge is -2.23. The van der Waals surface area contributed by atoms with Crippen molar-refractivity contribution in [3.63, 3.8) is 0 Å². The maximum Gasteiger partial charge on any atom is 0.222 e. The molecule has 17 heavy (non-hydrogen) atoms. The maximum absolute atomic E-state index is 11.3. The number of amides is 1. The lowest BCUT2D eigenvalue weighted by molar-refractivity contribution is -0.128. The van der Waals surface area contributed by atoms with Crippen molar-refractivity contribution in [1.82, 2.24) is 15.1 Å². The van der Waals surface area contributed by atoms with E-state index in [0.29, 0.717) is 12.5 Å². The Morgan fingerprint density at radius 3 is 2.29 bits per heavy atom. The molecule has 0 aliphatic carbocycles. The number of carbonyl (C=O) groups is 1. The van der Waals surface area contributed by atoms with Crippen molar-refractivity contribution >= 4 is 5.91 Å². The average Bonchev–Trinajstić information content (AvgIpc) is 2.31. The van der Waals surface area contributed by atoms with Gasteiger partial charge >= 0.3 is 0 Å². The van der Waals surface area contributed by atoms with Crippen LogP contribution in [0.3, 0.4) is 0 Å². The highest BCUT2D eigenvalue weighted by Crippen LogP contribution is 1.95. The van der Waals surface area contributed by atoms with Gasteiger partial charge < -0.3 is 15.1 Å². The third-order valence-corrected chi connectivity index (χ3v) is 2.99. The summed E-state index contributed by atoms with van der Waals surface area (Å²) in [4.78, 5) is 15.4. The zero-order chi connectivity index (χ0) is 13.3. The Morgan fingerprint density at radius 1 is 1.24 bits per heavy atom. The first-order valence-electron chi connectivity index (χ1n) is 6.67. The number of nitrogens with zero attached hydrogens (tertiary/aromatic N) is 2. The summed E-state index contributed by atoms with van der Waals surface area (Å²) in [6.45, 7) is 10.8. The SMILES string of the molecule is CCN(CC)CC(C)NCCCC(=O)N(C)C. The molecule has 0 spiro atoms. The average molecular weight is 243 g/mol. The van der Waals surface area contributed by atoms with E-state index in [0.717, 1.165) is 32.6 Å². The fourth-order valence-electron chi connectivity index (χ4n) is 1.75. The summed E-state index contributed by atoms with van der Waals surface area (Å²) in [7, 11) is 3.61. The standard InChI is InChI=1S/C13H29N3O/c1-6-16(7-2)11-12(3)14-10-8-9-13(17)15(4)5/h12,14H,6-11H2,1-5H3. The molecular formula is C13H29N3O. The van der Waals surface area contributed by atoms with Gasteiger partial charge in [0.05, 0.1) is 0 Å². The third-order valence-electron chi connectivity index (χ3n) is 2.99. The minimum absolute atomic E-state index is 0.211. The number of nitrogens with one attached hydrogen (secondary N) is 1. The Balaban J connectivity index is 3.57. The molecule has 1 N–H and O–H groups in total. The largest absolute Gasteiger partial charge is 0.349 e. The Morgan fingerprint density at radius 2 is 1.82 bits per heavy atom. The molecule has 0 saturated carbocycles. The second-order valence-electron chi connectivity index (χ2n) is 4.73. The molecule has 0 aliphatic rings. The van der Waals surface area contributed by atoms with Crippen LogP contribution in [0.4, 0.5) is 0 Å². The number of hydrogen-bond donors (Lipinski definition) is 1. The van der Waals surface area contributed by atoms with Crippen LogP contribution < -0.4 is 5.32 Å². The second kappa shape index (κ2) is 9.42. The first-order chi connectivity index (χ1) is 8.01. The quantitative estimate of drug-likeness (QED) is 0.618. The molecule has 0 saturated heterocycles. The van der Waals surface area contributed by atoms with Crippen LogP contribution in [-0.4, -0.2) is 62.0 Å². The topological polar surface area (TPSA) is 35.6 Å². The van der Waals surface area contributed by atoms with Gasteiger partial charge in [-0.2, -0.15) is 0 Å². The molecule has 1 atom stereocenters. The van der Waals surface area contributed by atoms with Gasteiger partial charge in [0.1, 0.15) is 0 Å². The van der Waals surface area contributed by atoms with Crippen LogP contribution in [0.2, 0.25) is 0 Å². The van der Waals surface area contributed by atoms with Crippen LogP contribution in [0, 0.1) is 0 Å². The summed E-state index contributed by atoms with van der Waals surface area (Å²) in [6, 6.07) is 0.490. The summed E-state index contributed by atoms with van der Waals surface area (Å²) < 4.78 is 0. The molecular weight excluding hydrogens is 214 g/mol. The summed E-state index contributed by atoms with van der Waals surface area (Å²) in [5.74, 6) is 0.211. The minimum Gasteiger partial charge on any atom is -0.349 e. The first kappa shape index (κ1) is 16.4. The zero-order valence-corrected chi connectivity index (χ0v) is 12.1. The molecule has 0 fully saturated rings. The molecule has 1 unspecified atom stereocenters. The van der Waals surface area contributed by atoms with Crippen LogP contribution in [0.15, 0.2) is 0 Å². The predicted molar refractivity (Wildman–Crippen MR) is 73.2 cm³/mol. The molecule has 0 bridgehead atoms. The van der Waals surface area contributed by atoms with Gasteiger partial charge in [-0.15, -0.1) is 0 Å². The van der Waals surface area contributed by atoms with Gasteiger partial charge in [-0.05, 0) is 33.0 Å². The van der Waals surface area contributed by atoms with Gasteiger partial charge in [0.2, 0.25) is 5.91 Å². The number of rotatable bonds is 9. The van der Waals surface area contributed by atoms with Crippen LogP contribution >= 0.6 is 0 Å². The smallest absolute Gasteiger partial charge is 0.222 e. The van der Waals surface area contributed by atoms with Gasteiger partial charge in [0.15, 0.2) is 0 Å². The molecule has 0 heterocycles. The molecule has 0 aromatic heterocycles. The van der Waals surface area contributed by atoms with Gasteiger partial charge in [0, 0.05) is 33.1 Å². The van der Waals surface area contributed by atoms with Gasteiger partial charge in [-0.3, -0.25) is 4.79 Å². The molecule has 1 amide bonds. The van der Waals surface area contributed by atoms with Crippen LogP contribution in [-0.2, 0) is 4.79 Å². The summed E-state index contributed by atoms with van der Waals surface area (Å²) in [5.41, 5.74) is 0. The van der Waals surface area contributed by atoms with Crippen LogP contribution in [0.1, 0.15) is 33.6 Å². The van der Waals surface area contributed by atoms with Crippen LogP contribution in [0.5, 0.6) is 0 Å². The Hall–Kier alpha value is -0.610. The van der Waals surface area contributed by atoms with Crippen molar-refractivity contribution in [2.24, 2.45) is 0 Å². The van der Waals surface area contributed by atoms with E-state index in [-0.39, 0.29) is 5.91 Å². The number of carbonyl (C=O) groups excluding carboxylic acids is 1. The molecule has 102 valence electrons. The lowest BCUT2D eigenvalue weighted by atomic mass is 10.2. The molecule has 0 radical (unpaired) electrons. The fraction of sp³-hybridized carbons (Fsp3) is 0.923. The van der Waals surface area contributed by atoms with E-state index in [1.165, 1.54) is 0 Å². The van der Waals surface area contributed by atoms with Crippen molar-refractivity contribution in [1.29, 1.82) is 0 Å². The van der Waals surface area contributed by atoms with E-state index in [1.54, 1.807) is 19.0 Å². The first-order valence-corrected chi connectivity index (χ1v) is 6.67. The van der Waals surface area contributed by atoms with Gasteiger partial charge in [-0.25, -0.2) is 0 Å². The highest BCUT2D eigenvalue weighted by molar-refractivity contribution is 5.75. The Labute approximate surface area is 106 Å². The predicted octanol–water partition coefficient (Wildman–Crippen LogP) is 1.17. The van der Waals surface area contributed by atoms with Crippen molar-refractivity contribution in [2.45, 2.75) is 39.7 Å². The summed E-state index contributed by atoms with van der Waals surface area (Å²) >= 11 is 0. The molecule has 4 heteroatoms. The molecule has 0 aromatic carbocycles. The van der Waals surface area contributed by atoms with Gasteiger partial charge in [-0.1, -0.05) is 13.8 Å². The lowest BCUT2D eigenvalue weighted by Crippen LogP contribution is -2.39. The van der Waals surface area contributed by atoms with Crippen molar-refractivity contribution in [3.8, 4) is 0 Å². The monoisotopic (exact) mass is 243 g/mol. The number of hydrogen-bond acceptors (Lipinski definition) is 3. The highest BCUT2D eigenvalue weighted by Gasteiger charge is 2.07. The van der Waals surface area contributed by atoms with Crippen molar-refractivity contribution in [2.75, 3.05) is 40.3 Å². The highest BCUT2D eigenvalue weighted by atomic mass is 16.2. The number of likely N-dealkylation sites (N-methyl/N-ethyl adjacent to an activating group) is 1. The fourth-order valence-corrected chi connectivity index (χ4v) is 1.75.